The molecule has 0 saturated carbocycles. The van der Waals surface area contributed by atoms with E-state index in [1.807, 2.05) is 6.07 Å². The van der Waals surface area contributed by atoms with Crippen LogP contribution in [0.4, 0.5) is 10.1 Å². The molecule has 104 valence electrons. The molecular weight excluding hydrogens is 245 g/mol. The molecule has 5 heteroatoms. The summed E-state index contributed by atoms with van der Waals surface area (Å²) in [6.45, 7) is 2.11. The monoisotopic (exact) mass is 265 g/mol. The van der Waals surface area contributed by atoms with E-state index in [2.05, 4.69) is 10.2 Å². The number of nitrogens with zero attached hydrogens (tertiary/aromatic N) is 1. The van der Waals surface area contributed by atoms with Crippen LogP contribution in [0.3, 0.4) is 0 Å². The highest BCUT2D eigenvalue weighted by molar-refractivity contribution is 5.76. The van der Waals surface area contributed by atoms with Crippen molar-refractivity contribution in [3.8, 4) is 0 Å². The van der Waals surface area contributed by atoms with E-state index in [0.29, 0.717) is 19.4 Å². The average Bonchev–Trinajstić information content (AvgIpc) is 2.85. The van der Waals surface area contributed by atoms with Gasteiger partial charge in [0, 0.05) is 31.2 Å². The molecule has 0 spiro atoms. The molecule has 0 radical (unpaired) electrons. The zero-order chi connectivity index (χ0) is 13.7. The van der Waals surface area contributed by atoms with Gasteiger partial charge in [0.15, 0.2) is 0 Å². The number of nitrogens with one attached hydrogen (secondary N) is 1. The third-order valence-corrected chi connectivity index (χ3v) is 3.33. The van der Waals surface area contributed by atoms with Crippen LogP contribution in [-0.4, -0.2) is 31.6 Å². The maximum Gasteiger partial charge on any atom is 0.220 e. The van der Waals surface area contributed by atoms with Gasteiger partial charge in [0.25, 0.3) is 0 Å². The Balaban J connectivity index is 1.84. The van der Waals surface area contributed by atoms with Gasteiger partial charge in [0.2, 0.25) is 5.91 Å². The van der Waals surface area contributed by atoms with Crippen molar-refractivity contribution in [3.05, 3.63) is 30.1 Å². The zero-order valence-electron chi connectivity index (χ0n) is 10.9. The number of anilines is 1. The molecule has 19 heavy (non-hydrogen) atoms. The van der Waals surface area contributed by atoms with Gasteiger partial charge in [0.1, 0.15) is 5.82 Å². The van der Waals surface area contributed by atoms with Crippen LogP contribution in [0.2, 0.25) is 0 Å². The van der Waals surface area contributed by atoms with Crippen LogP contribution in [0.15, 0.2) is 24.3 Å². The highest BCUT2D eigenvalue weighted by Crippen LogP contribution is 2.21. The van der Waals surface area contributed by atoms with Gasteiger partial charge in [-0.25, -0.2) is 4.39 Å². The smallest absolute Gasteiger partial charge is 0.220 e. The normalized spacial score (nSPS) is 18.6. The van der Waals surface area contributed by atoms with E-state index in [1.165, 1.54) is 12.1 Å². The lowest BCUT2D eigenvalue weighted by Crippen LogP contribution is -2.37. The molecule has 2 rings (SSSR count). The predicted octanol–water partition coefficient (Wildman–Crippen LogP) is 1.26. The van der Waals surface area contributed by atoms with E-state index >= 15 is 0 Å². The third kappa shape index (κ3) is 3.92. The lowest BCUT2D eigenvalue weighted by molar-refractivity contribution is -0.121. The van der Waals surface area contributed by atoms with Crippen LogP contribution >= 0.6 is 0 Å². The molecule has 3 N–H and O–H groups in total. The molecule has 4 nitrogen and oxygen atoms in total. The molecule has 1 unspecified atom stereocenters. The maximum atomic E-state index is 13.2. The minimum Gasteiger partial charge on any atom is -0.369 e. The van der Waals surface area contributed by atoms with E-state index in [-0.39, 0.29) is 17.8 Å². The molecule has 0 bridgehead atoms. The van der Waals surface area contributed by atoms with Crippen molar-refractivity contribution in [2.45, 2.75) is 25.3 Å². The number of rotatable bonds is 5. The Bertz CT molecular complexity index is 438. The number of carbonyl (C=O) groups is 1. The molecular formula is C14H20FN3O. The highest BCUT2D eigenvalue weighted by atomic mass is 19.1. The quantitative estimate of drug-likeness (QED) is 0.842. The summed E-state index contributed by atoms with van der Waals surface area (Å²) in [7, 11) is 0. The predicted molar refractivity (Wildman–Crippen MR) is 73.4 cm³/mol. The Morgan fingerprint density at radius 2 is 2.37 bits per heavy atom. The van der Waals surface area contributed by atoms with Crippen LogP contribution < -0.4 is 16.0 Å². The van der Waals surface area contributed by atoms with Crippen molar-refractivity contribution in [1.29, 1.82) is 0 Å². The second-order valence-electron chi connectivity index (χ2n) is 4.87. The topological polar surface area (TPSA) is 58.4 Å². The molecule has 1 saturated heterocycles. The Kier molecular flexibility index (Phi) is 4.74. The molecule has 1 atom stereocenters. The van der Waals surface area contributed by atoms with E-state index in [9.17, 15) is 9.18 Å². The van der Waals surface area contributed by atoms with E-state index in [1.54, 1.807) is 6.07 Å². The first-order chi connectivity index (χ1) is 9.19. The van der Waals surface area contributed by atoms with Gasteiger partial charge in [-0.3, -0.25) is 4.79 Å². The Morgan fingerprint density at radius 3 is 3.11 bits per heavy atom. The van der Waals surface area contributed by atoms with Crippen LogP contribution in [-0.2, 0) is 4.79 Å². The summed E-state index contributed by atoms with van der Waals surface area (Å²) in [6, 6.07) is 6.71. The summed E-state index contributed by atoms with van der Waals surface area (Å²) in [4.78, 5) is 13.7. The van der Waals surface area contributed by atoms with Crippen molar-refractivity contribution in [2.75, 3.05) is 24.5 Å². The van der Waals surface area contributed by atoms with Gasteiger partial charge in [-0.1, -0.05) is 6.07 Å². The number of nitrogens with two attached hydrogens (primary N) is 1. The first-order valence-corrected chi connectivity index (χ1v) is 6.69. The minimum absolute atomic E-state index is 0.0524. The largest absolute Gasteiger partial charge is 0.369 e. The summed E-state index contributed by atoms with van der Waals surface area (Å²) in [5.74, 6) is -0.176. The highest BCUT2D eigenvalue weighted by Gasteiger charge is 2.23. The molecule has 1 aromatic carbocycles. The molecule has 1 aliphatic heterocycles. The molecule has 1 aliphatic rings. The molecule has 0 aromatic heterocycles. The van der Waals surface area contributed by atoms with E-state index < -0.39 is 0 Å². The van der Waals surface area contributed by atoms with Gasteiger partial charge in [-0.2, -0.15) is 0 Å². The van der Waals surface area contributed by atoms with Gasteiger partial charge >= 0.3 is 0 Å². The van der Waals surface area contributed by atoms with Crippen LogP contribution in [0.1, 0.15) is 19.3 Å². The van der Waals surface area contributed by atoms with Gasteiger partial charge in [-0.15, -0.1) is 0 Å². The lowest BCUT2D eigenvalue weighted by Gasteiger charge is -2.19. The summed E-state index contributed by atoms with van der Waals surface area (Å²) in [6.07, 6.45) is 2.09. The molecule has 1 heterocycles. The number of amides is 1. The number of carbonyl (C=O) groups excluding carboxylic acids is 1. The first-order valence-electron chi connectivity index (χ1n) is 6.69. The van der Waals surface area contributed by atoms with Crippen LogP contribution in [0.5, 0.6) is 0 Å². The van der Waals surface area contributed by atoms with E-state index in [0.717, 1.165) is 25.2 Å². The Hall–Kier alpha value is -1.62. The Labute approximate surface area is 112 Å². The fraction of sp³-hybridized carbons (Fsp3) is 0.500. The van der Waals surface area contributed by atoms with Crippen molar-refractivity contribution in [1.82, 2.24) is 5.32 Å². The van der Waals surface area contributed by atoms with Crippen molar-refractivity contribution >= 4 is 11.6 Å². The van der Waals surface area contributed by atoms with E-state index in [4.69, 9.17) is 5.73 Å². The lowest BCUT2D eigenvalue weighted by atomic mass is 10.2. The zero-order valence-corrected chi connectivity index (χ0v) is 10.9. The molecule has 1 aromatic rings. The second-order valence-corrected chi connectivity index (χ2v) is 4.87. The fourth-order valence-electron chi connectivity index (χ4n) is 2.35. The fourth-order valence-corrected chi connectivity index (χ4v) is 2.35. The van der Waals surface area contributed by atoms with Crippen molar-refractivity contribution in [3.63, 3.8) is 0 Å². The second kappa shape index (κ2) is 6.52. The van der Waals surface area contributed by atoms with Gasteiger partial charge in [-0.05, 0) is 37.6 Å². The number of hydrogen-bond donors (Lipinski definition) is 2. The van der Waals surface area contributed by atoms with Gasteiger partial charge < -0.3 is 16.0 Å². The molecule has 1 amide bonds. The Morgan fingerprint density at radius 1 is 1.53 bits per heavy atom. The van der Waals surface area contributed by atoms with Crippen LogP contribution in [0, 0.1) is 5.82 Å². The van der Waals surface area contributed by atoms with Gasteiger partial charge in [0.05, 0.1) is 0 Å². The standard InChI is InChI=1S/C14H20FN3O/c15-11-3-1-4-13(9-11)18-8-6-12(10-18)17-14(19)5-2-7-16/h1,3-4,9,12H,2,5-8,10,16H2,(H,17,19). The number of benzene rings is 1. The third-order valence-electron chi connectivity index (χ3n) is 3.33. The number of hydrogen-bond acceptors (Lipinski definition) is 3. The molecule has 1 fully saturated rings. The number of halogens is 1. The van der Waals surface area contributed by atoms with Crippen molar-refractivity contribution < 1.29 is 9.18 Å². The summed E-state index contributed by atoms with van der Waals surface area (Å²) in [5.41, 5.74) is 6.25. The van der Waals surface area contributed by atoms with Crippen molar-refractivity contribution in [2.24, 2.45) is 5.73 Å². The maximum absolute atomic E-state index is 13.2. The summed E-state index contributed by atoms with van der Waals surface area (Å²) in [5, 5.41) is 3.00. The van der Waals surface area contributed by atoms with Crippen LogP contribution in [0.25, 0.3) is 0 Å². The molecule has 0 aliphatic carbocycles. The summed E-state index contributed by atoms with van der Waals surface area (Å²) < 4.78 is 13.2. The first kappa shape index (κ1) is 13.8. The SMILES string of the molecule is NCCCC(=O)NC1CCN(c2cccc(F)c2)C1. The summed E-state index contributed by atoms with van der Waals surface area (Å²) >= 11 is 0. The minimum atomic E-state index is -0.229. The average molecular weight is 265 g/mol.